The van der Waals surface area contributed by atoms with E-state index < -0.39 is 9.05 Å². The average molecular weight is 232 g/mol. The van der Waals surface area contributed by atoms with E-state index in [0.717, 1.165) is 19.3 Å². The second kappa shape index (κ2) is 10.6. The molecule has 0 saturated heterocycles. The van der Waals surface area contributed by atoms with Crippen LogP contribution >= 0.6 is 0 Å². The van der Waals surface area contributed by atoms with E-state index in [1.165, 1.54) is 19.3 Å². The third kappa shape index (κ3) is 15.5. The van der Waals surface area contributed by atoms with Crippen molar-refractivity contribution in [2.75, 3.05) is 6.61 Å². The molecular formula is C8H21NaO4Si. The minimum absolute atomic E-state index is 0. The van der Waals surface area contributed by atoms with E-state index in [9.17, 15) is 0 Å². The second-order valence-corrected chi connectivity index (χ2v) is 4.63. The van der Waals surface area contributed by atoms with E-state index in [1.807, 2.05) is 0 Å². The van der Waals surface area contributed by atoms with Crippen LogP contribution < -0.4 is 29.6 Å². The van der Waals surface area contributed by atoms with Crippen LogP contribution in [0.25, 0.3) is 0 Å². The molecule has 0 fully saturated rings. The van der Waals surface area contributed by atoms with Crippen molar-refractivity contribution in [1.82, 2.24) is 0 Å². The Morgan fingerprint density at radius 2 is 1.50 bits per heavy atom. The van der Waals surface area contributed by atoms with Gasteiger partial charge in [-0.2, -0.15) is 0 Å². The van der Waals surface area contributed by atoms with Crippen LogP contribution in [0.15, 0.2) is 0 Å². The zero-order valence-corrected chi connectivity index (χ0v) is 12.2. The van der Waals surface area contributed by atoms with E-state index in [2.05, 4.69) is 11.3 Å². The van der Waals surface area contributed by atoms with Gasteiger partial charge in [0.05, 0.1) is 0 Å². The third-order valence-electron chi connectivity index (χ3n) is 1.79. The van der Waals surface area contributed by atoms with Crippen LogP contribution in [0.2, 0.25) is 0 Å². The first-order valence-electron chi connectivity index (χ1n) is 4.87. The number of unbranched alkanes of at least 4 members (excludes halogenated alkanes) is 5. The smallest absolute Gasteiger partial charge is 1.00 e. The Hall–Kier alpha value is 1.06. The molecule has 0 radical (unpaired) electrons. The van der Waals surface area contributed by atoms with Crippen LogP contribution in [0, 0.1) is 0 Å². The molecule has 0 amide bonds. The molecular weight excluding hydrogens is 211 g/mol. The van der Waals surface area contributed by atoms with Gasteiger partial charge in [-0.3, -0.25) is 0 Å². The van der Waals surface area contributed by atoms with Crippen LogP contribution in [0.1, 0.15) is 46.9 Å². The molecule has 0 aliphatic heterocycles. The summed E-state index contributed by atoms with van der Waals surface area (Å²) in [5, 5.41) is 0. The molecule has 0 heterocycles. The zero-order chi connectivity index (χ0) is 10.2. The maximum Gasteiger partial charge on any atom is 1.00 e. The van der Waals surface area contributed by atoms with Gasteiger partial charge in [-0.15, -0.1) is 0 Å². The van der Waals surface area contributed by atoms with Crippen LogP contribution in [-0.4, -0.2) is 30.0 Å². The molecule has 3 N–H and O–H groups in total. The fourth-order valence-electron chi connectivity index (χ4n) is 1.09. The summed E-state index contributed by atoms with van der Waals surface area (Å²) in [6.45, 7) is 2.40. The Balaban J connectivity index is -0.000000720. The standard InChI is InChI=1S/C8H20O4Si.Na.H/c1-2-3-4-5-6-7-8-12-13(9,10)11;;/h9-11H,2-8H2,1H3;;/q;+1;-1. The van der Waals surface area contributed by atoms with E-state index in [1.54, 1.807) is 0 Å². The van der Waals surface area contributed by atoms with E-state index in [0.29, 0.717) is 0 Å². The van der Waals surface area contributed by atoms with Crippen molar-refractivity contribution in [3.05, 3.63) is 0 Å². The van der Waals surface area contributed by atoms with Crippen molar-refractivity contribution < 1.29 is 49.8 Å². The Morgan fingerprint density at radius 3 is 2.00 bits per heavy atom. The summed E-state index contributed by atoms with van der Waals surface area (Å²) >= 11 is 0. The molecule has 0 aromatic carbocycles. The fraction of sp³-hybridized carbons (Fsp3) is 1.00. The summed E-state index contributed by atoms with van der Waals surface area (Å²) in [5.74, 6) is 0. The predicted molar refractivity (Wildman–Crippen MR) is 52.9 cm³/mol. The molecule has 0 bridgehead atoms. The first kappa shape index (κ1) is 17.5. The van der Waals surface area contributed by atoms with Gasteiger partial charge in [-0.05, 0) is 6.42 Å². The molecule has 0 aromatic heterocycles. The molecule has 4 nitrogen and oxygen atoms in total. The van der Waals surface area contributed by atoms with Crippen molar-refractivity contribution in [3.8, 4) is 0 Å². The molecule has 0 saturated carbocycles. The first-order valence-corrected chi connectivity index (χ1v) is 6.62. The largest absolute Gasteiger partial charge is 1.00 e. The maximum atomic E-state index is 8.49. The van der Waals surface area contributed by atoms with Crippen molar-refractivity contribution >= 4 is 9.05 Å². The van der Waals surface area contributed by atoms with Gasteiger partial charge in [0.25, 0.3) is 0 Å². The monoisotopic (exact) mass is 232 g/mol. The minimum atomic E-state index is -4.23. The Kier molecular flexibility index (Phi) is 13.2. The molecule has 0 unspecified atom stereocenters. The van der Waals surface area contributed by atoms with Gasteiger partial charge in [0.15, 0.2) is 0 Å². The first-order chi connectivity index (χ1) is 6.06. The van der Waals surface area contributed by atoms with Crippen LogP contribution in [0.4, 0.5) is 0 Å². The van der Waals surface area contributed by atoms with Crippen molar-refractivity contribution in [2.24, 2.45) is 0 Å². The summed E-state index contributed by atoms with van der Waals surface area (Å²) in [6.07, 6.45) is 6.63. The Morgan fingerprint density at radius 1 is 1.00 bits per heavy atom. The number of hydrogen-bond acceptors (Lipinski definition) is 4. The van der Waals surface area contributed by atoms with Gasteiger partial charge in [-0.1, -0.05) is 39.0 Å². The molecule has 14 heavy (non-hydrogen) atoms. The molecule has 0 atom stereocenters. The van der Waals surface area contributed by atoms with Crippen molar-refractivity contribution in [1.29, 1.82) is 0 Å². The molecule has 6 heteroatoms. The van der Waals surface area contributed by atoms with Gasteiger partial charge >= 0.3 is 38.6 Å². The van der Waals surface area contributed by atoms with Gasteiger partial charge in [-0.25, -0.2) is 0 Å². The van der Waals surface area contributed by atoms with E-state index >= 15 is 0 Å². The summed E-state index contributed by atoms with van der Waals surface area (Å²) in [4.78, 5) is 25.5. The van der Waals surface area contributed by atoms with Crippen molar-refractivity contribution in [2.45, 2.75) is 45.4 Å². The Bertz CT molecular complexity index is 124. The van der Waals surface area contributed by atoms with Gasteiger partial charge in [0.2, 0.25) is 0 Å². The molecule has 0 rings (SSSR count). The second-order valence-electron chi connectivity index (χ2n) is 3.19. The van der Waals surface area contributed by atoms with Crippen LogP contribution in [-0.2, 0) is 4.43 Å². The predicted octanol–water partition coefficient (Wildman–Crippen LogP) is -2.11. The van der Waals surface area contributed by atoms with Gasteiger partial charge in [0, 0.05) is 6.61 Å². The molecule has 0 aromatic rings. The topological polar surface area (TPSA) is 69.9 Å². The third-order valence-corrected chi connectivity index (χ3v) is 2.39. The Labute approximate surface area is 111 Å². The quantitative estimate of drug-likeness (QED) is 0.331. The van der Waals surface area contributed by atoms with Crippen molar-refractivity contribution in [3.63, 3.8) is 0 Å². The number of hydrogen-bond donors (Lipinski definition) is 3. The van der Waals surface area contributed by atoms with Crippen LogP contribution in [0.3, 0.4) is 0 Å². The van der Waals surface area contributed by atoms with E-state index in [-0.39, 0.29) is 37.6 Å². The number of rotatable bonds is 8. The average Bonchev–Trinajstić information content (AvgIpc) is 2.01. The van der Waals surface area contributed by atoms with Gasteiger partial charge in [0.1, 0.15) is 0 Å². The molecule has 0 aliphatic rings. The van der Waals surface area contributed by atoms with Gasteiger partial charge < -0.3 is 20.2 Å². The normalized spacial score (nSPS) is 11.1. The SMILES string of the molecule is CCCCCCCCO[Si](O)(O)O.[H-].[Na+]. The summed E-state index contributed by atoms with van der Waals surface area (Å²) in [6, 6.07) is 0. The fourth-order valence-corrected chi connectivity index (χ4v) is 1.51. The van der Waals surface area contributed by atoms with E-state index in [4.69, 9.17) is 14.4 Å². The molecule has 0 spiro atoms. The summed E-state index contributed by atoms with van der Waals surface area (Å²) in [5.41, 5.74) is 0. The molecule has 82 valence electrons. The minimum Gasteiger partial charge on any atom is -1.00 e. The van der Waals surface area contributed by atoms with Crippen LogP contribution in [0.5, 0.6) is 0 Å². The maximum absolute atomic E-state index is 8.49. The summed E-state index contributed by atoms with van der Waals surface area (Å²) < 4.78 is 4.44. The zero-order valence-electron chi connectivity index (χ0n) is 10.2. The summed E-state index contributed by atoms with van der Waals surface area (Å²) in [7, 11) is -4.23. The molecule has 0 aliphatic carbocycles.